The third-order valence-corrected chi connectivity index (χ3v) is 2.36. The first-order valence-corrected chi connectivity index (χ1v) is 5.52. The maximum Gasteiger partial charge on any atom is 0.573 e. The lowest BCUT2D eigenvalue weighted by Gasteiger charge is -2.15. The van der Waals surface area contributed by atoms with Crippen LogP contribution in [0.2, 0.25) is 0 Å². The van der Waals surface area contributed by atoms with Crippen LogP contribution in [0.4, 0.5) is 13.2 Å². The van der Waals surface area contributed by atoms with E-state index in [9.17, 15) is 13.2 Å². The van der Waals surface area contributed by atoms with Crippen LogP contribution in [0.1, 0.15) is 11.4 Å². The zero-order valence-corrected chi connectivity index (χ0v) is 10.3. The van der Waals surface area contributed by atoms with Crippen LogP contribution in [0, 0.1) is 0 Å². The number of alkyl halides is 4. The summed E-state index contributed by atoms with van der Waals surface area (Å²) in [6, 6.07) is 1.30. The van der Waals surface area contributed by atoms with Gasteiger partial charge in [0.2, 0.25) is 0 Å². The molecule has 4 nitrogen and oxygen atoms in total. The molecule has 0 radical (unpaired) electrons. The van der Waals surface area contributed by atoms with Crippen molar-refractivity contribution in [1.29, 1.82) is 0 Å². The zero-order valence-electron chi connectivity index (χ0n) is 8.71. The molecule has 0 unspecified atom stereocenters. The normalized spacial score (nSPS) is 11.4. The Kier molecular flexibility index (Phi) is 4.58. The second-order valence-corrected chi connectivity index (χ2v) is 3.49. The van der Waals surface area contributed by atoms with Gasteiger partial charge in [-0.05, 0) is 0 Å². The Morgan fingerprint density at radius 3 is 2.53 bits per heavy atom. The van der Waals surface area contributed by atoms with E-state index in [4.69, 9.17) is 9.84 Å². The Hall–Kier alpha value is -1.02. The molecule has 1 N–H and O–H groups in total. The molecule has 0 aromatic carbocycles. The molecule has 0 bridgehead atoms. The van der Waals surface area contributed by atoms with Gasteiger partial charge in [0.25, 0.3) is 0 Å². The number of rotatable bonds is 4. The molecule has 0 spiro atoms. The third kappa shape index (κ3) is 3.74. The van der Waals surface area contributed by atoms with Crippen LogP contribution in [0.5, 0.6) is 11.5 Å². The summed E-state index contributed by atoms with van der Waals surface area (Å²) >= 11 is 3.11. The SMILES string of the molecule is COc1cc(CBr)nc(CO)c1OC(F)(F)F. The van der Waals surface area contributed by atoms with Crippen molar-refractivity contribution in [3.8, 4) is 11.5 Å². The molecule has 0 fully saturated rings. The fourth-order valence-corrected chi connectivity index (χ4v) is 1.45. The van der Waals surface area contributed by atoms with Crippen LogP contribution in [0.3, 0.4) is 0 Å². The van der Waals surface area contributed by atoms with E-state index in [0.717, 1.165) is 0 Å². The van der Waals surface area contributed by atoms with Gasteiger partial charge in [0.05, 0.1) is 19.4 Å². The fraction of sp³-hybridized carbons (Fsp3) is 0.444. The number of aromatic nitrogens is 1. The summed E-state index contributed by atoms with van der Waals surface area (Å²) in [7, 11) is 1.21. The highest BCUT2D eigenvalue weighted by Gasteiger charge is 2.34. The van der Waals surface area contributed by atoms with E-state index >= 15 is 0 Å². The standard InChI is InChI=1S/C9H9BrF3NO3/c1-16-7-2-5(3-10)14-6(4-15)8(7)17-9(11,12)13/h2,15H,3-4H2,1H3. The number of pyridine rings is 1. The average Bonchev–Trinajstić information content (AvgIpc) is 2.27. The number of nitrogens with zero attached hydrogens (tertiary/aromatic N) is 1. The van der Waals surface area contributed by atoms with Crippen molar-refractivity contribution >= 4 is 15.9 Å². The summed E-state index contributed by atoms with van der Waals surface area (Å²) < 4.78 is 45.0. The molecule has 0 aliphatic carbocycles. The van der Waals surface area contributed by atoms with E-state index in [2.05, 4.69) is 25.7 Å². The molecule has 0 amide bonds. The van der Waals surface area contributed by atoms with Gasteiger partial charge in [-0.1, -0.05) is 15.9 Å². The van der Waals surface area contributed by atoms with Crippen LogP contribution in [-0.4, -0.2) is 23.6 Å². The smallest absolute Gasteiger partial charge is 0.493 e. The van der Waals surface area contributed by atoms with Gasteiger partial charge in [-0.2, -0.15) is 0 Å². The second-order valence-electron chi connectivity index (χ2n) is 2.93. The molecule has 0 aliphatic heterocycles. The van der Waals surface area contributed by atoms with Crippen molar-refractivity contribution in [3.05, 3.63) is 17.5 Å². The third-order valence-electron chi connectivity index (χ3n) is 1.79. The van der Waals surface area contributed by atoms with Crippen molar-refractivity contribution < 1.29 is 27.8 Å². The van der Waals surface area contributed by atoms with Gasteiger partial charge in [0.1, 0.15) is 5.69 Å². The van der Waals surface area contributed by atoms with Gasteiger partial charge >= 0.3 is 6.36 Å². The van der Waals surface area contributed by atoms with Crippen LogP contribution < -0.4 is 9.47 Å². The van der Waals surface area contributed by atoms with Crippen molar-refractivity contribution in [2.24, 2.45) is 0 Å². The number of aliphatic hydroxyl groups is 1. The van der Waals surface area contributed by atoms with Gasteiger partial charge in [0, 0.05) is 11.4 Å². The van der Waals surface area contributed by atoms with Crippen molar-refractivity contribution in [2.75, 3.05) is 7.11 Å². The second kappa shape index (κ2) is 5.54. The van der Waals surface area contributed by atoms with E-state index in [1.165, 1.54) is 13.2 Å². The van der Waals surface area contributed by atoms with Crippen LogP contribution in [0.25, 0.3) is 0 Å². The first-order valence-electron chi connectivity index (χ1n) is 4.40. The van der Waals surface area contributed by atoms with Crippen LogP contribution in [0.15, 0.2) is 6.07 Å². The summed E-state index contributed by atoms with van der Waals surface area (Å²) in [5.74, 6) is -0.747. The van der Waals surface area contributed by atoms with E-state index in [1.54, 1.807) is 0 Å². The molecule has 1 aromatic rings. The molecule has 1 aromatic heterocycles. The van der Waals surface area contributed by atoms with Crippen molar-refractivity contribution in [2.45, 2.75) is 18.3 Å². The molecule has 0 saturated heterocycles. The minimum absolute atomic E-state index is 0.129. The summed E-state index contributed by atoms with van der Waals surface area (Å²) in [4.78, 5) is 3.80. The van der Waals surface area contributed by atoms with Crippen LogP contribution in [-0.2, 0) is 11.9 Å². The molecule has 0 atom stereocenters. The topological polar surface area (TPSA) is 51.6 Å². The Morgan fingerprint density at radius 1 is 1.47 bits per heavy atom. The Balaban J connectivity index is 3.24. The molecular weight excluding hydrogens is 307 g/mol. The molecule has 1 heterocycles. The minimum atomic E-state index is -4.87. The Labute approximate surface area is 103 Å². The number of hydrogen-bond donors (Lipinski definition) is 1. The van der Waals surface area contributed by atoms with E-state index in [1.807, 2.05) is 0 Å². The number of methoxy groups -OCH3 is 1. The molecule has 0 aliphatic rings. The van der Waals surface area contributed by atoms with Crippen molar-refractivity contribution in [3.63, 3.8) is 0 Å². The molecule has 17 heavy (non-hydrogen) atoms. The predicted molar refractivity (Wildman–Crippen MR) is 56.0 cm³/mol. The minimum Gasteiger partial charge on any atom is -0.493 e. The molecule has 8 heteroatoms. The summed E-state index contributed by atoms with van der Waals surface area (Å²) in [5.41, 5.74) is 0.205. The van der Waals surface area contributed by atoms with Gasteiger partial charge in [-0.3, -0.25) is 4.98 Å². The zero-order chi connectivity index (χ0) is 13.1. The molecule has 96 valence electrons. The van der Waals surface area contributed by atoms with Gasteiger partial charge in [-0.25, -0.2) is 0 Å². The van der Waals surface area contributed by atoms with E-state index in [0.29, 0.717) is 11.0 Å². The van der Waals surface area contributed by atoms with Gasteiger partial charge in [0.15, 0.2) is 11.5 Å². The summed E-state index contributed by atoms with van der Waals surface area (Å²) in [6.07, 6.45) is -4.87. The molecular formula is C9H9BrF3NO3. The summed E-state index contributed by atoms with van der Waals surface area (Å²) in [6.45, 7) is -0.678. The first kappa shape index (κ1) is 14.0. The largest absolute Gasteiger partial charge is 0.573 e. The lowest BCUT2D eigenvalue weighted by atomic mass is 10.2. The van der Waals surface area contributed by atoms with E-state index < -0.39 is 18.7 Å². The first-order chi connectivity index (χ1) is 7.91. The maximum atomic E-state index is 12.2. The quantitative estimate of drug-likeness (QED) is 0.867. The monoisotopic (exact) mass is 315 g/mol. The highest BCUT2D eigenvalue weighted by molar-refractivity contribution is 9.08. The molecule has 1 rings (SSSR count). The highest BCUT2D eigenvalue weighted by Crippen LogP contribution is 2.35. The fourth-order valence-electron chi connectivity index (χ4n) is 1.17. The van der Waals surface area contributed by atoms with Crippen LogP contribution >= 0.6 is 15.9 Å². The maximum absolute atomic E-state index is 12.2. The predicted octanol–water partition coefficient (Wildman–Crippen LogP) is 2.38. The average molecular weight is 316 g/mol. The molecule has 0 saturated carbocycles. The number of aliphatic hydroxyl groups excluding tert-OH is 1. The number of hydrogen-bond acceptors (Lipinski definition) is 4. The number of ether oxygens (including phenoxy) is 2. The Morgan fingerprint density at radius 2 is 2.12 bits per heavy atom. The Bertz CT molecular complexity index is 373. The summed E-state index contributed by atoms with van der Waals surface area (Å²) in [5, 5.41) is 9.30. The van der Waals surface area contributed by atoms with E-state index in [-0.39, 0.29) is 11.4 Å². The number of halogens is 4. The van der Waals surface area contributed by atoms with Gasteiger partial charge in [-0.15, -0.1) is 13.2 Å². The van der Waals surface area contributed by atoms with Gasteiger partial charge < -0.3 is 14.6 Å². The highest BCUT2D eigenvalue weighted by atomic mass is 79.9. The van der Waals surface area contributed by atoms with Crippen molar-refractivity contribution in [1.82, 2.24) is 4.98 Å². The lowest BCUT2D eigenvalue weighted by molar-refractivity contribution is -0.275. The lowest BCUT2D eigenvalue weighted by Crippen LogP contribution is -2.19.